The number of carbonyl (C=O) groups excluding carboxylic acids is 2. The van der Waals surface area contributed by atoms with E-state index in [0.29, 0.717) is 16.6 Å². The molecule has 1 aromatic heterocycles. The molecule has 1 aliphatic rings. The fraction of sp³-hybridized carbons (Fsp3) is 0.263. The molecule has 0 atom stereocenters. The Bertz CT molecular complexity index is 931. The third-order valence-electron chi connectivity index (χ3n) is 4.33. The van der Waals surface area contributed by atoms with E-state index in [4.69, 9.17) is 23.2 Å². The number of imide groups is 1. The molecule has 0 bridgehead atoms. The van der Waals surface area contributed by atoms with Crippen molar-refractivity contribution in [2.75, 3.05) is 6.54 Å². The Morgan fingerprint density at radius 1 is 1.15 bits per heavy atom. The van der Waals surface area contributed by atoms with Crippen molar-refractivity contribution in [1.29, 1.82) is 0 Å². The van der Waals surface area contributed by atoms with Crippen molar-refractivity contribution in [3.05, 3.63) is 57.0 Å². The Kier molecular flexibility index (Phi) is 5.12. The molecule has 1 saturated heterocycles. The van der Waals surface area contributed by atoms with Crippen LogP contribution in [0.25, 0.3) is 11.8 Å². The number of hydrogen-bond donors (Lipinski definition) is 1. The number of nitrogens with one attached hydrogen (secondary N) is 1. The number of aromatic nitrogens is 1. The Morgan fingerprint density at radius 2 is 1.88 bits per heavy atom. The number of amides is 3. The molecule has 0 radical (unpaired) electrons. The predicted octanol–water partition coefficient (Wildman–Crippen LogP) is 4.70. The fourth-order valence-electron chi connectivity index (χ4n) is 3.12. The maximum Gasteiger partial charge on any atom is 0.329 e. The average molecular weight is 392 g/mol. The second kappa shape index (κ2) is 7.17. The van der Waals surface area contributed by atoms with Gasteiger partial charge in [0.25, 0.3) is 5.91 Å². The van der Waals surface area contributed by atoms with E-state index in [9.17, 15) is 9.59 Å². The van der Waals surface area contributed by atoms with Crippen molar-refractivity contribution < 1.29 is 9.59 Å². The topological polar surface area (TPSA) is 54.3 Å². The molecule has 1 N–H and O–H groups in total. The van der Waals surface area contributed by atoms with E-state index >= 15 is 0 Å². The van der Waals surface area contributed by atoms with Gasteiger partial charge in [-0.1, -0.05) is 30.1 Å². The van der Waals surface area contributed by atoms with Crippen LogP contribution < -0.4 is 5.32 Å². The minimum Gasteiger partial charge on any atom is -0.316 e. The van der Waals surface area contributed by atoms with E-state index in [0.717, 1.165) is 29.1 Å². The summed E-state index contributed by atoms with van der Waals surface area (Å²) in [5.41, 5.74) is 3.81. The molecule has 1 aromatic carbocycles. The minimum atomic E-state index is -0.377. The number of nitrogens with zero attached hydrogens (tertiary/aromatic N) is 2. The van der Waals surface area contributed by atoms with E-state index in [1.54, 1.807) is 18.2 Å². The molecule has 3 rings (SSSR count). The average Bonchev–Trinajstić information content (AvgIpc) is 2.99. The number of halogens is 2. The maximum atomic E-state index is 12.4. The molecule has 1 aliphatic heterocycles. The lowest BCUT2D eigenvalue weighted by Crippen LogP contribution is -2.31. The zero-order chi connectivity index (χ0) is 19.0. The smallest absolute Gasteiger partial charge is 0.316 e. The molecule has 2 aromatic rings. The predicted molar refractivity (Wildman–Crippen MR) is 104 cm³/mol. The molecule has 1 fully saturated rings. The van der Waals surface area contributed by atoms with Crippen molar-refractivity contribution in [2.24, 2.45) is 0 Å². The van der Waals surface area contributed by atoms with Gasteiger partial charge in [-0.05, 0) is 56.2 Å². The summed E-state index contributed by atoms with van der Waals surface area (Å²) in [6, 6.07) is 6.90. The molecule has 26 heavy (non-hydrogen) atoms. The number of urea groups is 1. The van der Waals surface area contributed by atoms with E-state index in [1.165, 1.54) is 4.90 Å². The summed E-state index contributed by atoms with van der Waals surface area (Å²) >= 11 is 12.3. The Labute approximate surface area is 162 Å². The van der Waals surface area contributed by atoms with Gasteiger partial charge in [-0.15, -0.1) is 0 Å². The molecular weight excluding hydrogens is 373 g/mol. The molecule has 3 amide bonds. The summed E-state index contributed by atoms with van der Waals surface area (Å²) in [6.45, 7) is 6.22. The highest BCUT2D eigenvalue weighted by molar-refractivity contribution is 6.35. The lowest BCUT2D eigenvalue weighted by Gasteiger charge is -2.12. The first-order valence-corrected chi connectivity index (χ1v) is 9.08. The van der Waals surface area contributed by atoms with Gasteiger partial charge in [0.15, 0.2) is 0 Å². The minimum absolute atomic E-state index is 0.283. The summed E-state index contributed by atoms with van der Waals surface area (Å²) in [6.07, 6.45) is 2.43. The van der Waals surface area contributed by atoms with Crippen molar-refractivity contribution in [3.63, 3.8) is 0 Å². The van der Waals surface area contributed by atoms with Crippen LogP contribution in [0.5, 0.6) is 0 Å². The van der Waals surface area contributed by atoms with E-state index in [-0.39, 0.29) is 17.6 Å². The number of aryl methyl sites for hydroxylation is 1. The van der Waals surface area contributed by atoms with Crippen LogP contribution in [-0.2, 0) is 4.79 Å². The van der Waals surface area contributed by atoms with Crippen LogP contribution in [0.2, 0.25) is 10.0 Å². The molecule has 2 heterocycles. The van der Waals surface area contributed by atoms with Crippen LogP contribution in [0.1, 0.15) is 30.3 Å². The second-order valence-corrected chi connectivity index (χ2v) is 7.05. The third kappa shape index (κ3) is 3.24. The van der Waals surface area contributed by atoms with Gasteiger partial charge < -0.3 is 9.88 Å². The monoisotopic (exact) mass is 391 g/mol. The first-order valence-electron chi connectivity index (χ1n) is 8.32. The summed E-state index contributed by atoms with van der Waals surface area (Å²) in [5.74, 6) is -0.300. The van der Waals surface area contributed by atoms with Gasteiger partial charge in [0.05, 0.1) is 10.7 Å². The molecule has 0 spiro atoms. The maximum absolute atomic E-state index is 12.4. The third-order valence-corrected chi connectivity index (χ3v) is 4.87. The van der Waals surface area contributed by atoms with Gasteiger partial charge in [0, 0.05) is 23.0 Å². The van der Waals surface area contributed by atoms with Gasteiger partial charge >= 0.3 is 6.03 Å². The van der Waals surface area contributed by atoms with Gasteiger partial charge in [-0.3, -0.25) is 9.69 Å². The number of hydrogen-bond acceptors (Lipinski definition) is 2. The SMILES string of the molecule is CCCN1C(=O)N/C(=C/c2cc(C)n(-c3ccc(Cl)cc3Cl)c2C)C1=O. The van der Waals surface area contributed by atoms with Crippen LogP contribution in [0.3, 0.4) is 0 Å². The summed E-state index contributed by atoms with van der Waals surface area (Å²) < 4.78 is 2.00. The van der Waals surface area contributed by atoms with Crippen LogP contribution in [0.15, 0.2) is 30.0 Å². The summed E-state index contributed by atoms with van der Waals surface area (Å²) in [5, 5.41) is 3.76. The van der Waals surface area contributed by atoms with E-state index in [2.05, 4.69) is 5.32 Å². The standard InChI is InChI=1S/C19H19Cl2N3O2/c1-4-7-23-18(25)16(22-19(23)26)9-13-8-11(2)24(12(13)3)17-6-5-14(20)10-15(17)21/h5-6,8-10H,4,7H2,1-3H3,(H,22,26)/b16-9+. The highest BCUT2D eigenvalue weighted by atomic mass is 35.5. The first kappa shape index (κ1) is 18.5. The summed E-state index contributed by atoms with van der Waals surface area (Å²) in [4.78, 5) is 25.6. The Hall–Kier alpha value is -2.24. The molecule has 136 valence electrons. The quantitative estimate of drug-likeness (QED) is 0.606. The summed E-state index contributed by atoms with van der Waals surface area (Å²) in [7, 11) is 0. The molecule has 0 saturated carbocycles. The van der Waals surface area contributed by atoms with Crippen molar-refractivity contribution >= 4 is 41.2 Å². The zero-order valence-electron chi connectivity index (χ0n) is 14.8. The van der Waals surface area contributed by atoms with Gasteiger partial charge in [0.1, 0.15) is 5.70 Å². The van der Waals surface area contributed by atoms with Gasteiger partial charge in [-0.25, -0.2) is 4.79 Å². The highest BCUT2D eigenvalue weighted by Gasteiger charge is 2.32. The van der Waals surface area contributed by atoms with Crippen molar-refractivity contribution in [1.82, 2.24) is 14.8 Å². The van der Waals surface area contributed by atoms with Crippen LogP contribution >= 0.6 is 23.2 Å². The molecule has 7 heteroatoms. The molecular formula is C19H19Cl2N3O2. The van der Waals surface area contributed by atoms with Crippen molar-refractivity contribution in [3.8, 4) is 5.69 Å². The molecule has 5 nitrogen and oxygen atoms in total. The number of benzene rings is 1. The number of rotatable bonds is 4. The Morgan fingerprint density at radius 3 is 2.54 bits per heavy atom. The Balaban J connectivity index is 2.01. The van der Waals surface area contributed by atoms with E-state index in [1.807, 2.05) is 37.5 Å². The lowest BCUT2D eigenvalue weighted by molar-refractivity contribution is -0.122. The largest absolute Gasteiger partial charge is 0.329 e. The normalized spacial score (nSPS) is 15.9. The number of carbonyl (C=O) groups is 2. The highest BCUT2D eigenvalue weighted by Crippen LogP contribution is 2.29. The van der Waals surface area contributed by atoms with Crippen LogP contribution in [0, 0.1) is 13.8 Å². The van der Waals surface area contributed by atoms with E-state index < -0.39 is 0 Å². The molecule has 0 aliphatic carbocycles. The fourth-order valence-corrected chi connectivity index (χ4v) is 3.61. The molecule has 0 unspecified atom stereocenters. The lowest BCUT2D eigenvalue weighted by atomic mass is 10.2. The zero-order valence-corrected chi connectivity index (χ0v) is 16.3. The second-order valence-electron chi connectivity index (χ2n) is 6.20. The van der Waals surface area contributed by atoms with Gasteiger partial charge in [0.2, 0.25) is 0 Å². The van der Waals surface area contributed by atoms with Crippen molar-refractivity contribution in [2.45, 2.75) is 27.2 Å². The van der Waals surface area contributed by atoms with Crippen LogP contribution in [0.4, 0.5) is 4.79 Å². The first-order chi connectivity index (χ1) is 12.3. The van der Waals surface area contributed by atoms with Crippen LogP contribution in [-0.4, -0.2) is 28.0 Å². The van der Waals surface area contributed by atoms with Gasteiger partial charge in [-0.2, -0.15) is 0 Å².